The summed E-state index contributed by atoms with van der Waals surface area (Å²) in [6.45, 7) is 0. The van der Waals surface area contributed by atoms with Gasteiger partial charge in [0.1, 0.15) is 11.7 Å². The first-order valence-electron chi connectivity index (χ1n) is 9.05. The molecule has 0 atom stereocenters. The molecule has 160 valence electrons. The summed E-state index contributed by atoms with van der Waals surface area (Å²) in [6, 6.07) is 16.9. The zero-order valence-electron chi connectivity index (χ0n) is 16.4. The minimum Gasteiger partial charge on any atom is -0.363 e. The first kappa shape index (κ1) is 23.8. The van der Waals surface area contributed by atoms with Gasteiger partial charge in [-0.3, -0.25) is 15.0 Å². The van der Waals surface area contributed by atoms with Gasteiger partial charge in [-0.05, 0) is 52.3 Å². The van der Waals surface area contributed by atoms with Gasteiger partial charge in [0.05, 0.1) is 11.3 Å². The monoisotopic (exact) mass is 481 g/mol. The summed E-state index contributed by atoms with van der Waals surface area (Å²) in [6.07, 6.45) is 1.59. The standard InChI is InChI=1S/C22H20BrN5O2.CH4/c1-28(2)20(24)14-7-9-15(10-8-14)21(29)26-18-6-4-3-5-17(18)22(30)27-19-12-11-16(23)13-25-19;/h3-13,24H,1-2H3,(H,26,29)(H,25,27,30);1H4. The molecule has 1 heterocycles. The first-order valence-corrected chi connectivity index (χ1v) is 9.84. The van der Waals surface area contributed by atoms with Crippen LogP contribution in [0.4, 0.5) is 11.5 Å². The summed E-state index contributed by atoms with van der Waals surface area (Å²) in [5, 5.41) is 13.5. The Hall–Kier alpha value is -3.52. The zero-order valence-corrected chi connectivity index (χ0v) is 18.0. The van der Waals surface area contributed by atoms with E-state index in [0.29, 0.717) is 34.0 Å². The van der Waals surface area contributed by atoms with E-state index in [0.717, 1.165) is 4.47 Å². The zero-order chi connectivity index (χ0) is 21.7. The highest BCUT2D eigenvalue weighted by Gasteiger charge is 2.15. The third-order valence-electron chi connectivity index (χ3n) is 4.26. The lowest BCUT2D eigenvalue weighted by Crippen LogP contribution is -2.22. The van der Waals surface area contributed by atoms with Crippen LogP contribution in [0.5, 0.6) is 0 Å². The number of carbonyl (C=O) groups is 2. The summed E-state index contributed by atoms with van der Waals surface area (Å²) >= 11 is 3.30. The van der Waals surface area contributed by atoms with Gasteiger partial charge in [-0.15, -0.1) is 0 Å². The fraction of sp³-hybridized carbons (Fsp3) is 0.130. The van der Waals surface area contributed by atoms with Gasteiger partial charge in [-0.2, -0.15) is 0 Å². The molecule has 0 spiro atoms. The van der Waals surface area contributed by atoms with Crippen molar-refractivity contribution in [2.24, 2.45) is 0 Å². The Morgan fingerprint density at radius 3 is 2.16 bits per heavy atom. The van der Waals surface area contributed by atoms with Crippen molar-refractivity contribution in [1.82, 2.24) is 9.88 Å². The Balaban J connectivity index is 0.00000341. The molecule has 31 heavy (non-hydrogen) atoms. The molecule has 3 aromatic rings. The number of amidine groups is 1. The quantitative estimate of drug-likeness (QED) is 0.357. The molecule has 0 bridgehead atoms. The van der Waals surface area contributed by atoms with E-state index in [9.17, 15) is 9.59 Å². The van der Waals surface area contributed by atoms with E-state index in [4.69, 9.17) is 5.41 Å². The van der Waals surface area contributed by atoms with Crippen molar-refractivity contribution in [1.29, 1.82) is 5.41 Å². The molecule has 0 unspecified atom stereocenters. The third-order valence-corrected chi connectivity index (χ3v) is 4.73. The fourth-order valence-electron chi connectivity index (χ4n) is 2.66. The first-order chi connectivity index (χ1) is 14.3. The van der Waals surface area contributed by atoms with E-state index in [1.165, 1.54) is 0 Å². The smallest absolute Gasteiger partial charge is 0.258 e. The number of aromatic nitrogens is 1. The van der Waals surface area contributed by atoms with Gasteiger partial charge in [-0.25, -0.2) is 4.98 Å². The molecule has 0 saturated carbocycles. The maximum atomic E-state index is 12.7. The fourth-order valence-corrected chi connectivity index (χ4v) is 2.89. The normalized spacial score (nSPS) is 9.90. The maximum Gasteiger partial charge on any atom is 0.258 e. The molecule has 0 fully saturated rings. The van der Waals surface area contributed by atoms with Crippen LogP contribution in [-0.2, 0) is 0 Å². The van der Waals surface area contributed by atoms with Crippen LogP contribution in [0.25, 0.3) is 0 Å². The second kappa shape index (κ2) is 10.5. The van der Waals surface area contributed by atoms with Crippen LogP contribution in [0.1, 0.15) is 33.7 Å². The van der Waals surface area contributed by atoms with Crippen LogP contribution in [-0.4, -0.2) is 41.6 Å². The highest BCUT2D eigenvalue weighted by molar-refractivity contribution is 9.10. The number of rotatable bonds is 5. The topological polar surface area (TPSA) is 98.2 Å². The lowest BCUT2D eigenvalue weighted by atomic mass is 10.1. The van der Waals surface area contributed by atoms with Crippen molar-refractivity contribution in [3.8, 4) is 0 Å². The van der Waals surface area contributed by atoms with Crippen molar-refractivity contribution in [2.75, 3.05) is 24.7 Å². The van der Waals surface area contributed by atoms with Gasteiger partial charge in [0, 0.05) is 35.9 Å². The van der Waals surface area contributed by atoms with E-state index < -0.39 is 0 Å². The summed E-state index contributed by atoms with van der Waals surface area (Å²) in [7, 11) is 3.57. The average molecular weight is 482 g/mol. The number of benzene rings is 2. The molecule has 0 aliphatic carbocycles. The molecule has 0 radical (unpaired) electrons. The van der Waals surface area contributed by atoms with E-state index in [1.54, 1.807) is 85.9 Å². The molecule has 1 aromatic heterocycles. The van der Waals surface area contributed by atoms with Crippen molar-refractivity contribution in [3.63, 3.8) is 0 Å². The molecular weight excluding hydrogens is 458 g/mol. The number of halogens is 1. The van der Waals surface area contributed by atoms with Gasteiger partial charge >= 0.3 is 0 Å². The molecule has 8 heteroatoms. The molecule has 0 aliphatic rings. The molecular formula is C23H24BrN5O2. The maximum absolute atomic E-state index is 12.7. The molecule has 0 saturated heterocycles. The SMILES string of the molecule is C.CN(C)C(=N)c1ccc(C(=O)Nc2ccccc2C(=O)Nc2ccc(Br)cn2)cc1. The summed E-state index contributed by atoms with van der Waals surface area (Å²) in [5.74, 6) is 0.0317. The summed E-state index contributed by atoms with van der Waals surface area (Å²) in [4.78, 5) is 31.2. The van der Waals surface area contributed by atoms with Gasteiger partial charge in [-0.1, -0.05) is 31.7 Å². The Kier molecular flexibility index (Phi) is 8.04. The number of anilines is 2. The summed E-state index contributed by atoms with van der Waals surface area (Å²) < 4.78 is 0.805. The molecule has 7 nitrogen and oxygen atoms in total. The number of pyridine rings is 1. The Morgan fingerprint density at radius 2 is 1.55 bits per heavy atom. The molecule has 2 amide bonds. The van der Waals surface area contributed by atoms with E-state index in [1.807, 2.05) is 0 Å². The second-order valence-corrected chi connectivity index (χ2v) is 7.55. The number of carbonyl (C=O) groups excluding carboxylic acids is 2. The number of nitrogens with zero attached hydrogens (tertiary/aromatic N) is 2. The van der Waals surface area contributed by atoms with Gasteiger partial charge < -0.3 is 15.5 Å². The van der Waals surface area contributed by atoms with Gasteiger partial charge in [0.15, 0.2) is 0 Å². The molecule has 0 aliphatic heterocycles. The number of para-hydroxylation sites is 1. The lowest BCUT2D eigenvalue weighted by molar-refractivity contribution is 0.102. The van der Waals surface area contributed by atoms with E-state index in [2.05, 4.69) is 31.5 Å². The van der Waals surface area contributed by atoms with Crippen molar-refractivity contribution in [2.45, 2.75) is 7.43 Å². The average Bonchev–Trinajstić information content (AvgIpc) is 2.75. The number of amides is 2. The molecule has 3 rings (SSSR count). The number of nitrogens with one attached hydrogen (secondary N) is 3. The number of hydrogen-bond acceptors (Lipinski definition) is 4. The van der Waals surface area contributed by atoms with Crippen molar-refractivity contribution >= 4 is 45.1 Å². The van der Waals surface area contributed by atoms with Crippen molar-refractivity contribution in [3.05, 3.63) is 88.0 Å². The molecule has 3 N–H and O–H groups in total. The van der Waals surface area contributed by atoms with Crippen LogP contribution in [0, 0.1) is 5.41 Å². The van der Waals surface area contributed by atoms with Gasteiger partial charge in [0.2, 0.25) is 0 Å². The highest BCUT2D eigenvalue weighted by Crippen LogP contribution is 2.19. The van der Waals surface area contributed by atoms with Crippen LogP contribution in [0.2, 0.25) is 0 Å². The predicted molar refractivity (Wildman–Crippen MR) is 128 cm³/mol. The van der Waals surface area contributed by atoms with E-state index in [-0.39, 0.29) is 19.2 Å². The van der Waals surface area contributed by atoms with Crippen LogP contribution in [0.3, 0.4) is 0 Å². The van der Waals surface area contributed by atoms with Crippen LogP contribution < -0.4 is 10.6 Å². The Labute approximate surface area is 190 Å². The third kappa shape index (κ3) is 5.99. The Bertz CT molecular complexity index is 1080. The number of hydrogen-bond donors (Lipinski definition) is 3. The lowest BCUT2D eigenvalue weighted by Gasteiger charge is -2.14. The minimum atomic E-state index is -0.379. The van der Waals surface area contributed by atoms with Crippen LogP contribution in [0.15, 0.2) is 71.3 Å². The predicted octanol–water partition coefficient (Wildman–Crippen LogP) is 4.87. The summed E-state index contributed by atoms with van der Waals surface area (Å²) in [5.41, 5.74) is 1.84. The van der Waals surface area contributed by atoms with Crippen LogP contribution >= 0.6 is 15.9 Å². The van der Waals surface area contributed by atoms with Gasteiger partial charge in [0.25, 0.3) is 11.8 Å². The Morgan fingerprint density at radius 1 is 0.903 bits per heavy atom. The largest absolute Gasteiger partial charge is 0.363 e. The highest BCUT2D eigenvalue weighted by atomic mass is 79.9. The minimum absolute atomic E-state index is 0. The molecule has 2 aromatic carbocycles. The van der Waals surface area contributed by atoms with E-state index >= 15 is 0 Å². The second-order valence-electron chi connectivity index (χ2n) is 6.64. The van der Waals surface area contributed by atoms with Crippen molar-refractivity contribution < 1.29 is 9.59 Å².